The molecule has 0 bridgehead atoms. The molecule has 0 fully saturated rings. The Kier molecular flexibility index (Phi) is 2.51. The molecule has 1 N–H and O–H groups in total. The van der Waals surface area contributed by atoms with Gasteiger partial charge in [0, 0.05) is 5.69 Å². The standard InChI is InChI=1S/C9H8N4S/c14-9(13-7-10-6-11-13)12-8-4-2-1-3-5-8/h1-7H,(H,12,14). The number of nitrogens with one attached hydrogen (secondary N) is 1. The summed E-state index contributed by atoms with van der Waals surface area (Å²) in [5, 5.41) is 7.46. The molecular formula is C9H8N4S. The summed E-state index contributed by atoms with van der Waals surface area (Å²) in [6.45, 7) is 0. The van der Waals surface area contributed by atoms with Crippen LogP contribution in [0.2, 0.25) is 0 Å². The van der Waals surface area contributed by atoms with E-state index < -0.39 is 0 Å². The Morgan fingerprint density at radius 1 is 1.29 bits per heavy atom. The number of para-hydroxylation sites is 1. The predicted octanol–water partition coefficient (Wildman–Crippen LogP) is 1.52. The van der Waals surface area contributed by atoms with E-state index in [9.17, 15) is 0 Å². The smallest absolute Gasteiger partial charge is 0.199 e. The van der Waals surface area contributed by atoms with Crippen molar-refractivity contribution in [1.82, 2.24) is 14.8 Å². The molecule has 1 aromatic heterocycles. The molecule has 0 aliphatic rings. The van der Waals surface area contributed by atoms with Gasteiger partial charge in [-0.2, -0.15) is 9.78 Å². The number of anilines is 1. The van der Waals surface area contributed by atoms with Crippen molar-refractivity contribution in [2.24, 2.45) is 0 Å². The number of aromatic nitrogens is 3. The fourth-order valence-electron chi connectivity index (χ4n) is 1.02. The Labute approximate surface area is 86.6 Å². The minimum absolute atomic E-state index is 0.508. The quantitative estimate of drug-likeness (QED) is 0.715. The summed E-state index contributed by atoms with van der Waals surface area (Å²) in [5.74, 6) is 0. The first-order chi connectivity index (χ1) is 6.86. The molecule has 14 heavy (non-hydrogen) atoms. The van der Waals surface area contributed by atoms with Crippen molar-refractivity contribution in [3.05, 3.63) is 43.0 Å². The van der Waals surface area contributed by atoms with Crippen LogP contribution < -0.4 is 5.32 Å². The number of benzene rings is 1. The fraction of sp³-hybridized carbons (Fsp3) is 0. The normalized spacial score (nSPS) is 9.71. The van der Waals surface area contributed by atoms with Crippen LogP contribution in [-0.2, 0) is 0 Å². The molecule has 0 aliphatic heterocycles. The molecule has 0 saturated carbocycles. The van der Waals surface area contributed by atoms with Gasteiger partial charge in [0.25, 0.3) is 0 Å². The van der Waals surface area contributed by atoms with E-state index in [1.54, 1.807) is 6.33 Å². The molecule has 2 aromatic rings. The monoisotopic (exact) mass is 204 g/mol. The summed E-state index contributed by atoms with van der Waals surface area (Å²) in [7, 11) is 0. The van der Waals surface area contributed by atoms with Crippen molar-refractivity contribution < 1.29 is 0 Å². The van der Waals surface area contributed by atoms with Crippen LogP contribution in [-0.4, -0.2) is 19.9 Å². The highest BCUT2D eigenvalue weighted by Crippen LogP contribution is 2.05. The van der Waals surface area contributed by atoms with E-state index in [0.717, 1.165) is 5.69 Å². The van der Waals surface area contributed by atoms with Crippen molar-refractivity contribution in [3.8, 4) is 0 Å². The van der Waals surface area contributed by atoms with E-state index in [2.05, 4.69) is 15.4 Å². The van der Waals surface area contributed by atoms with Gasteiger partial charge in [-0.05, 0) is 24.4 Å². The molecule has 0 aliphatic carbocycles. The first-order valence-corrected chi connectivity index (χ1v) is 4.48. The summed E-state index contributed by atoms with van der Waals surface area (Å²) in [6, 6.07) is 9.69. The van der Waals surface area contributed by atoms with Crippen LogP contribution in [0.5, 0.6) is 0 Å². The SMILES string of the molecule is S=C(Nc1ccccc1)n1cncn1. The molecule has 0 saturated heterocycles. The van der Waals surface area contributed by atoms with E-state index in [4.69, 9.17) is 12.2 Å². The van der Waals surface area contributed by atoms with Gasteiger partial charge < -0.3 is 5.32 Å². The molecule has 1 heterocycles. The summed E-state index contributed by atoms with van der Waals surface area (Å²) < 4.78 is 1.50. The molecule has 2 rings (SSSR count). The maximum atomic E-state index is 5.11. The molecule has 5 heteroatoms. The molecule has 0 atom stereocenters. The zero-order chi connectivity index (χ0) is 9.80. The third-order valence-corrected chi connectivity index (χ3v) is 1.94. The minimum Gasteiger partial charge on any atom is -0.331 e. The molecule has 0 amide bonds. The second-order valence-electron chi connectivity index (χ2n) is 2.64. The molecular weight excluding hydrogens is 196 g/mol. The van der Waals surface area contributed by atoms with E-state index in [1.165, 1.54) is 11.0 Å². The molecule has 0 radical (unpaired) electrons. The molecule has 70 valence electrons. The second-order valence-corrected chi connectivity index (χ2v) is 3.02. The van der Waals surface area contributed by atoms with Crippen molar-refractivity contribution >= 4 is 23.0 Å². The average molecular weight is 204 g/mol. The number of rotatable bonds is 1. The Balaban J connectivity index is 2.10. The Morgan fingerprint density at radius 3 is 2.71 bits per heavy atom. The van der Waals surface area contributed by atoms with Gasteiger partial charge in [-0.1, -0.05) is 18.2 Å². The van der Waals surface area contributed by atoms with Crippen LogP contribution in [0.1, 0.15) is 0 Å². The zero-order valence-electron chi connectivity index (χ0n) is 7.29. The van der Waals surface area contributed by atoms with Crippen LogP contribution in [0.15, 0.2) is 43.0 Å². The molecule has 4 nitrogen and oxygen atoms in total. The maximum absolute atomic E-state index is 5.11. The molecule has 0 unspecified atom stereocenters. The highest BCUT2D eigenvalue weighted by Gasteiger charge is 1.99. The number of thiocarbonyl (C=S) groups is 1. The van der Waals surface area contributed by atoms with E-state index in [-0.39, 0.29) is 0 Å². The lowest BCUT2D eigenvalue weighted by atomic mass is 10.3. The van der Waals surface area contributed by atoms with Gasteiger partial charge in [-0.25, -0.2) is 4.98 Å². The average Bonchev–Trinajstić information content (AvgIpc) is 2.72. The third kappa shape index (κ3) is 1.94. The Bertz CT molecular complexity index is 410. The minimum atomic E-state index is 0.508. The largest absolute Gasteiger partial charge is 0.331 e. The lowest BCUT2D eigenvalue weighted by molar-refractivity contribution is 0.946. The lowest BCUT2D eigenvalue weighted by Gasteiger charge is -2.05. The first kappa shape index (κ1) is 8.83. The van der Waals surface area contributed by atoms with Crippen LogP contribution >= 0.6 is 12.2 Å². The highest BCUT2D eigenvalue weighted by molar-refractivity contribution is 7.80. The molecule has 0 spiro atoms. The number of hydrogen-bond acceptors (Lipinski definition) is 3. The zero-order valence-corrected chi connectivity index (χ0v) is 8.11. The van der Waals surface area contributed by atoms with Crippen molar-refractivity contribution in [2.45, 2.75) is 0 Å². The van der Waals surface area contributed by atoms with Gasteiger partial charge in [0.1, 0.15) is 12.7 Å². The summed E-state index contributed by atoms with van der Waals surface area (Å²) in [6.07, 6.45) is 3.00. The third-order valence-electron chi connectivity index (χ3n) is 1.65. The van der Waals surface area contributed by atoms with Gasteiger partial charge >= 0.3 is 0 Å². The summed E-state index contributed by atoms with van der Waals surface area (Å²) >= 11 is 5.11. The lowest BCUT2D eigenvalue weighted by Crippen LogP contribution is -2.19. The maximum Gasteiger partial charge on any atom is 0.199 e. The molecule has 1 aromatic carbocycles. The number of hydrogen-bond donors (Lipinski definition) is 1. The van der Waals surface area contributed by atoms with E-state index in [0.29, 0.717) is 5.11 Å². The Hall–Kier alpha value is -1.75. The predicted molar refractivity (Wildman–Crippen MR) is 58.1 cm³/mol. The van der Waals surface area contributed by atoms with Gasteiger partial charge in [0.15, 0.2) is 5.11 Å². The Morgan fingerprint density at radius 2 is 2.07 bits per heavy atom. The van der Waals surface area contributed by atoms with E-state index >= 15 is 0 Å². The van der Waals surface area contributed by atoms with Gasteiger partial charge in [0.2, 0.25) is 0 Å². The highest BCUT2D eigenvalue weighted by atomic mass is 32.1. The van der Waals surface area contributed by atoms with Crippen LogP contribution in [0.25, 0.3) is 0 Å². The summed E-state index contributed by atoms with van der Waals surface area (Å²) in [4.78, 5) is 3.81. The van der Waals surface area contributed by atoms with Crippen molar-refractivity contribution in [2.75, 3.05) is 5.32 Å². The van der Waals surface area contributed by atoms with Gasteiger partial charge in [0.05, 0.1) is 0 Å². The topological polar surface area (TPSA) is 42.7 Å². The van der Waals surface area contributed by atoms with Crippen LogP contribution in [0.3, 0.4) is 0 Å². The van der Waals surface area contributed by atoms with Gasteiger partial charge in [-0.15, -0.1) is 0 Å². The van der Waals surface area contributed by atoms with Crippen molar-refractivity contribution in [1.29, 1.82) is 0 Å². The number of nitrogens with zero attached hydrogens (tertiary/aromatic N) is 3. The first-order valence-electron chi connectivity index (χ1n) is 4.07. The van der Waals surface area contributed by atoms with Crippen LogP contribution in [0, 0.1) is 0 Å². The van der Waals surface area contributed by atoms with Crippen LogP contribution in [0.4, 0.5) is 5.69 Å². The fourth-order valence-corrected chi connectivity index (χ4v) is 1.23. The van der Waals surface area contributed by atoms with Crippen molar-refractivity contribution in [3.63, 3.8) is 0 Å². The summed E-state index contributed by atoms with van der Waals surface area (Å²) in [5.41, 5.74) is 0.938. The van der Waals surface area contributed by atoms with E-state index in [1.807, 2.05) is 30.3 Å². The second kappa shape index (κ2) is 3.97. The van der Waals surface area contributed by atoms with Gasteiger partial charge in [-0.3, -0.25) is 0 Å².